The molecule has 1 aliphatic heterocycles. The fourth-order valence-corrected chi connectivity index (χ4v) is 6.35. The summed E-state index contributed by atoms with van der Waals surface area (Å²) in [4.78, 5) is 24.1. The minimum atomic E-state index is -4.65. The van der Waals surface area contributed by atoms with Gasteiger partial charge in [-0.25, -0.2) is 13.2 Å². The lowest BCUT2D eigenvalue weighted by Gasteiger charge is -2.25. The Balaban J connectivity index is 1.71. The largest absolute Gasteiger partial charge is 0.453 e. The van der Waals surface area contributed by atoms with Crippen LogP contribution >= 0.6 is 0 Å². The normalized spacial score (nSPS) is 24.0. The standard InChI is InChI=1S/C22H30F3N3O5S/c1-13(2)9-19(27-21(30)33-3)20(29)26-18-8-7-14-11-28(12-17(14)18)34(31,32)16-6-4-5-15(10-16)22(23,24)25/h4-6,10,13-14,17-19H,7-9,11-12H2,1-3H3,(H,26,29)(H,27,30)/t14-,17+,18+,19+/m1/s1. The van der Waals surface area contributed by atoms with E-state index in [1.54, 1.807) is 0 Å². The first kappa shape index (κ1) is 26.3. The number of alkyl halides is 3. The summed E-state index contributed by atoms with van der Waals surface area (Å²) in [5.41, 5.74) is -1.02. The molecule has 1 heterocycles. The van der Waals surface area contributed by atoms with E-state index in [1.807, 2.05) is 13.8 Å². The molecule has 2 aliphatic rings. The van der Waals surface area contributed by atoms with Crippen molar-refractivity contribution >= 4 is 22.0 Å². The monoisotopic (exact) mass is 505 g/mol. The number of methoxy groups -OCH3 is 1. The molecule has 4 atom stereocenters. The molecular weight excluding hydrogens is 475 g/mol. The summed E-state index contributed by atoms with van der Waals surface area (Å²) < 4.78 is 71.1. The van der Waals surface area contributed by atoms with Gasteiger partial charge in [-0.2, -0.15) is 17.5 Å². The molecule has 190 valence electrons. The van der Waals surface area contributed by atoms with Gasteiger partial charge >= 0.3 is 12.3 Å². The predicted octanol–water partition coefficient (Wildman–Crippen LogP) is 2.99. The van der Waals surface area contributed by atoms with Gasteiger partial charge in [0.15, 0.2) is 0 Å². The molecule has 2 N–H and O–H groups in total. The fraction of sp³-hybridized carbons (Fsp3) is 0.636. The molecule has 2 amide bonds. The number of carbonyl (C=O) groups is 2. The van der Waals surface area contributed by atoms with Gasteiger partial charge in [-0.15, -0.1) is 0 Å². The van der Waals surface area contributed by atoms with Crippen LogP contribution in [0, 0.1) is 17.8 Å². The Bertz CT molecular complexity index is 1020. The highest BCUT2D eigenvalue weighted by Crippen LogP contribution is 2.41. The van der Waals surface area contributed by atoms with Crippen LogP contribution in [0.4, 0.5) is 18.0 Å². The lowest BCUT2D eigenvalue weighted by molar-refractivity contribution is -0.137. The zero-order chi connectivity index (χ0) is 25.3. The molecule has 8 nitrogen and oxygen atoms in total. The zero-order valence-electron chi connectivity index (χ0n) is 19.3. The van der Waals surface area contributed by atoms with Gasteiger partial charge in [-0.1, -0.05) is 19.9 Å². The number of halogens is 3. The minimum Gasteiger partial charge on any atom is -0.453 e. The second-order valence-corrected chi connectivity index (χ2v) is 11.2. The van der Waals surface area contributed by atoms with Crippen LogP contribution in [-0.4, -0.2) is 57.0 Å². The van der Waals surface area contributed by atoms with Crippen LogP contribution in [0.15, 0.2) is 29.2 Å². The molecule has 0 radical (unpaired) electrons. The van der Waals surface area contributed by atoms with Crippen molar-refractivity contribution in [1.29, 1.82) is 0 Å². The molecule has 1 saturated carbocycles. The van der Waals surface area contributed by atoms with Gasteiger partial charge in [-0.05, 0) is 55.2 Å². The summed E-state index contributed by atoms with van der Waals surface area (Å²) in [5.74, 6) is -0.418. The van der Waals surface area contributed by atoms with E-state index in [2.05, 4.69) is 15.4 Å². The molecular formula is C22H30F3N3O5S. The molecule has 34 heavy (non-hydrogen) atoms. The Labute approximate surface area is 197 Å². The minimum absolute atomic E-state index is 0.0111. The first-order chi connectivity index (χ1) is 15.8. The van der Waals surface area contributed by atoms with E-state index in [9.17, 15) is 31.2 Å². The number of sulfonamides is 1. The lowest BCUT2D eigenvalue weighted by Crippen LogP contribution is -2.51. The van der Waals surface area contributed by atoms with Gasteiger partial charge in [0.05, 0.1) is 17.6 Å². The molecule has 3 rings (SSSR count). The number of nitrogens with one attached hydrogen (secondary N) is 2. The van der Waals surface area contributed by atoms with Crippen molar-refractivity contribution in [2.45, 2.75) is 56.3 Å². The number of fused-ring (bicyclic) bond motifs is 1. The van der Waals surface area contributed by atoms with Crippen molar-refractivity contribution in [2.24, 2.45) is 17.8 Å². The molecule has 0 bridgehead atoms. The van der Waals surface area contributed by atoms with Crippen LogP contribution in [0.3, 0.4) is 0 Å². The number of ether oxygens (including phenoxy) is 1. The number of alkyl carbamates (subject to hydrolysis) is 1. The summed E-state index contributed by atoms with van der Waals surface area (Å²) >= 11 is 0. The van der Waals surface area contributed by atoms with Crippen LogP contribution in [0.5, 0.6) is 0 Å². The third-order valence-electron chi connectivity index (χ3n) is 6.45. The first-order valence-electron chi connectivity index (χ1n) is 11.1. The zero-order valence-corrected chi connectivity index (χ0v) is 20.1. The lowest BCUT2D eigenvalue weighted by atomic mass is 9.97. The van der Waals surface area contributed by atoms with E-state index in [0.717, 1.165) is 18.2 Å². The number of benzene rings is 1. The molecule has 0 aromatic heterocycles. The fourth-order valence-electron chi connectivity index (χ4n) is 4.77. The maximum absolute atomic E-state index is 13.1. The van der Waals surface area contributed by atoms with Crippen LogP contribution in [0.25, 0.3) is 0 Å². The summed E-state index contributed by atoms with van der Waals surface area (Å²) in [6, 6.07) is 2.63. The average molecular weight is 506 g/mol. The van der Waals surface area contributed by atoms with Crippen molar-refractivity contribution in [1.82, 2.24) is 14.9 Å². The Morgan fingerprint density at radius 1 is 1.21 bits per heavy atom. The van der Waals surface area contributed by atoms with E-state index >= 15 is 0 Å². The second-order valence-electron chi connectivity index (χ2n) is 9.28. The van der Waals surface area contributed by atoms with Crippen molar-refractivity contribution in [2.75, 3.05) is 20.2 Å². The smallest absolute Gasteiger partial charge is 0.416 e. The van der Waals surface area contributed by atoms with Gasteiger partial charge in [0.1, 0.15) is 6.04 Å². The molecule has 2 fully saturated rings. The summed E-state index contributed by atoms with van der Waals surface area (Å²) in [6.07, 6.45) is -3.62. The Hall–Kier alpha value is -2.34. The summed E-state index contributed by atoms with van der Waals surface area (Å²) in [7, 11) is -2.91. The molecule has 12 heteroatoms. The summed E-state index contributed by atoms with van der Waals surface area (Å²) in [5, 5.41) is 5.48. The summed E-state index contributed by atoms with van der Waals surface area (Å²) in [6.45, 7) is 4.12. The molecule has 1 aromatic carbocycles. The van der Waals surface area contributed by atoms with Gasteiger partial charge in [0.2, 0.25) is 15.9 Å². The van der Waals surface area contributed by atoms with Crippen molar-refractivity contribution in [3.63, 3.8) is 0 Å². The van der Waals surface area contributed by atoms with E-state index < -0.39 is 38.8 Å². The van der Waals surface area contributed by atoms with E-state index in [-0.39, 0.29) is 42.8 Å². The Kier molecular flexibility index (Phi) is 7.81. The van der Waals surface area contributed by atoms with Crippen LogP contribution in [0.1, 0.15) is 38.7 Å². The van der Waals surface area contributed by atoms with E-state index in [4.69, 9.17) is 0 Å². The quantitative estimate of drug-likeness (QED) is 0.593. The number of hydrogen-bond acceptors (Lipinski definition) is 5. The van der Waals surface area contributed by atoms with E-state index in [0.29, 0.717) is 25.3 Å². The van der Waals surface area contributed by atoms with Gasteiger partial charge in [0.25, 0.3) is 0 Å². The van der Waals surface area contributed by atoms with Crippen molar-refractivity contribution in [3.05, 3.63) is 29.8 Å². The highest BCUT2D eigenvalue weighted by atomic mass is 32.2. The number of nitrogens with zero attached hydrogens (tertiary/aromatic N) is 1. The van der Waals surface area contributed by atoms with Crippen LogP contribution < -0.4 is 10.6 Å². The Morgan fingerprint density at radius 3 is 2.53 bits per heavy atom. The number of carbonyl (C=O) groups excluding carboxylic acids is 2. The van der Waals surface area contributed by atoms with Crippen molar-refractivity contribution in [3.8, 4) is 0 Å². The maximum atomic E-state index is 13.1. The highest BCUT2D eigenvalue weighted by Gasteiger charge is 2.47. The van der Waals surface area contributed by atoms with Gasteiger partial charge < -0.3 is 15.4 Å². The van der Waals surface area contributed by atoms with Crippen LogP contribution in [0.2, 0.25) is 0 Å². The third-order valence-corrected chi connectivity index (χ3v) is 8.28. The molecule has 1 aromatic rings. The molecule has 1 saturated heterocycles. The second kappa shape index (κ2) is 10.1. The number of amides is 2. The molecule has 0 spiro atoms. The van der Waals surface area contributed by atoms with Gasteiger partial charge in [-0.3, -0.25) is 4.79 Å². The van der Waals surface area contributed by atoms with E-state index in [1.165, 1.54) is 11.4 Å². The Morgan fingerprint density at radius 2 is 1.91 bits per heavy atom. The first-order valence-corrected chi connectivity index (χ1v) is 12.6. The number of hydrogen-bond donors (Lipinski definition) is 2. The highest BCUT2D eigenvalue weighted by molar-refractivity contribution is 7.89. The third kappa shape index (κ3) is 5.83. The van der Waals surface area contributed by atoms with Gasteiger partial charge in [0, 0.05) is 19.1 Å². The van der Waals surface area contributed by atoms with Crippen LogP contribution in [-0.2, 0) is 25.7 Å². The predicted molar refractivity (Wildman–Crippen MR) is 117 cm³/mol. The number of rotatable bonds is 7. The molecule has 1 aliphatic carbocycles. The topological polar surface area (TPSA) is 105 Å². The average Bonchev–Trinajstić information content (AvgIpc) is 3.34. The van der Waals surface area contributed by atoms with Crippen molar-refractivity contribution < 1.29 is 35.9 Å². The maximum Gasteiger partial charge on any atom is 0.416 e. The molecule has 0 unspecified atom stereocenters. The SMILES string of the molecule is COC(=O)N[C@@H](CC(C)C)C(=O)N[C@H]1CC[C@@H]2CN(S(=O)(=O)c3cccc(C(F)(F)F)c3)C[C@@H]21.